The van der Waals surface area contributed by atoms with Crippen LogP contribution >= 0.6 is 0 Å². The Hall–Kier alpha value is -2.50. The molecule has 1 saturated carbocycles. The van der Waals surface area contributed by atoms with Gasteiger partial charge in [-0.3, -0.25) is 9.78 Å². The number of nitrogens with zero attached hydrogens (tertiary/aromatic N) is 3. The summed E-state index contributed by atoms with van der Waals surface area (Å²) in [5, 5.41) is 9.57. The third-order valence-corrected chi connectivity index (χ3v) is 5.28. The standard InChI is InChI=1S/C18H19N3O3/c22-17(14-10-19-12-6-2-3-7-13(12)20-14)21-15-8-4-1-5-11(15)9-16(21)18(23)24/h2-3,6-7,10-11,15-16H,1,4-5,8-9H2,(H,23,24)/t11-,15+,16+/m1/s1. The van der Waals surface area contributed by atoms with Crippen LogP contribution in [-0.4, -0.2) is 43.9 Å². The molecule has 2 aliphatic rings. The van der Waals surface area contributed by atoms with Crippen molar-refractivity contribution in [3.63, 3.8) is 0 Å². The molecule has 1 N–H and O–H groups in total. The van der Waals surface area contributed by atoms with E-state index in [0.29, 0.717) is 11.9 Å². The van der Waals surface area contributed by atoms with Crippen molar-refractivity contribution >= 4 is 22.9 Å². The number of carboxylic acid groups (broad SMARTS) is 1. The first-order valence-corrected chi connectivity index (χ1v) is 8.42. The summed E-state index contributed by atoms with van der Waals surface area (Å²) >= 11 is 0. The fraction of sp³-hybridized carbons (Fsp3) is 0.444. The summed E-state index contributed by atoms with van der Waals surface area (Å²) in [5.74, 6) is -0.946. The van der Waals surface area contributed by atoms with Gasteiger partial charge in [-0.25, -0.2) is 9.78 Å². The summed E-state index contributed by atoms with van der Waals surface area (Å²) in [5.41, 5.74) is 1.60. The van der Waals surface area contributed by atoms with Crippen LogP contribution in [0, 0.1) is 5.92 Å². The van der Waals surface area contributed by atoms with Crippen LogP contribution in [0.4, 0.5) is 0 Å². The summed E-state index contributed by atoms with van der Waals surface area (Å²) in [6, 6.07) is 6.62. The van der Waals surface area contributed by atoms with Crippen molar-refractivity contribution in [2.75, 3.05) is 0 Å². The molecule has 1 saturated heterocycles. The van der Waals surface area contributed by atoms with Gasteiger partial charge in [0.1, 0.15) is 11.7 Å². The molecule has 2 heterocycles. The van der Waals surface area contributed by atoms with Crippen LogP contribution in [0.25, 0.3) is 11.0 Å². The average Bonchev–Trinajstić information content (AvgIpc) is 3.00. The van der Waals surface area contributed by atoms with Gasteiger partial charge in [0.25, 0.3) is 5.91 Å². The topological polar surface area (TPSA) is 83.4 Å². The first kappa shape index (κ1) is 15.1. The van der Waals surface area contributed by atoms with Crippen molar-refractivity contribution in [2.24, 2.45) is 5.92 Å². The van der Waals surface area contributed by atoms with Gasteiger partial charge in [0.15, 0.2) is 0 Å². The zero-order valence-electron chi connectivity index (χ0n) is 13.3. The smallest absolute Gasteiger partial charge is 0.326 e. The molecule has 0 radical (unpaired) electrons. The zero-order chi connectivity index (χ0) is 16.7. The lowest BCUT2D eigenvalue weighted by atomic mass is 9.84. The number of aliphatic carboxylic acids is 1. The van der Waals surface area contributed by atoms with Gasteiger partial charge in [-0.15, -0.1) is 0 Å². The number of amides is 1. The molecule has 124 valence electrons. The van der Waals surface area contributed by atoms with Gasteiger partial charge in [0, 0.05) is 6.04 Å². The van der Waals surface area contributed by atoms with Crippen molar-refractivity contribution in [1.82, 2.24) is 14.9 Å². The summed E-state index contributed by atoms with van der Waals surface area (Å²) in [4.78, 5) is 34.9. The predicted molar refractivity (Wildman–Crippen MR) is 87.5 cm³/mol. The Balaban J connectivity index is 1.70. The molecule has 4 rings (SSSR count). The highest BCUT2D eigenvalue weighted by Crippen LogP contribution is 2.40. The molecule has 0 unspecified atom stereocenters. The number of hydrogen-bond acceptors (Lipinski definition) is 4. The zero-order valence-corrected chi connectivity index (χ0v) is 13.3. The Morgan fingerprint density at radius 3 is 2.67 bits per heavy atom. The molecule has 1 aliphatic heterocycles. The third-order valence-electron chi connectivity index (χ3n) is 5.28. The number of para-hydroxylation sites is 2. The minimum absolute atomic E-state index is 0.0145. The van der Waals surface area contributed by atoms with Crippen molar-refractivity contribution in [3.8, 4) is 0 Å². The summed E-state index contributed by atoms with van der Waals surface area (Å²) < 4.78 is 0. The highest BCUT2D eigenvalue weighted by Gasteiger charge is 2.48. The first-order chi connectivity index (χ1) is 11.6. The van der Waals surface area contributed by atoms with Gasteiger partial charge >= 0.3 is 5.97 Å². The normalized spacial score (nSPS) is 26.3. The van der Waals surface area contributed by atoms with Crippen molar-refractivity contribution in [3.05, 3.63) is 36.2 Å². The van der Waals surface area contributed by atoms with Crippen LogP contribution in [0.5, 0.6) is 0 Å². The van der Waals surface area contributed by atoms with E-state index < -0.39 is 12.0 Å². The van der Waals surface area contributed by atoms with E-state index in [-0.39, 0.29) is 23.6 Å². The molecule has 2 aromatic rings. The van der Waals surface area contributed by atoms with Gasteiger partial charge in [-0.2, -0.15) is 0 Å². The van der Waals surface area contributed by atoms with E-state index in [9.17, 15) is 14.7 Å². The Labute approximate surface area is 139 Å². The summed E-state index contributed by atoms with van der Waals surface area (Å²) in [7, 11) is 0. The molecule has 0 spiro atoms. The van der Waals surface area contributed by atoms with Crippen LogP contribution in [0.15, 0.2) is 30.5 Å². The van der Waals surface area contributed by atoms with Crippen molar-refractivity contribution in [2.45, 2.75) is 44.2 Å². The van der Waals surface area contributed by atoms with Crippen molar-refractivity contribution in [1.29, 1.82) is 0 Å². The first-order valence-electron chi connectivity index (χ1n) is 8.42. The number of carbonyl (C=O) groups excluding carboxylic acids is 1. The van der Waals surface area contributed by atoms with Crippen LogP contribution in [0.1, 0.15) is 42.6 Å². The van der Waals surface area contributed by atoms with Gasteiger partial charge in [0.05, 0.1) is 17.2 Å². The van der Waals surface area contributed by atoms with Gasteiger partial charge in [-0.05, 0) is 37.3 Å². The average molecular weight is 325 g/mol. The van der Waals surface area contributed by atoms with Crippen LogP contribution in [0.2, 0.25) is 0 Å². The Kier molecular flexibility index (Phi) is 3.67. The van der Waals surface area contributed by atoms with Gasteiger partial charge in [-0.1, -0.05) is 25.0 Å². The molecule has 6 heteroatoms. The predicted octanol–water partition coefficient (Wildman–Crippen LogP) is 2.49. The SMILES string of the molecule is O=C(O)[C@@H]1C[C@H]2CCCC[C@@H]2N1C(=O)c1cnc2ccccc2n1. The van der Waals surface area contributed by atoms with Gasteiger partial charge < -0.3 is 10.0 Å². The molecule has 3 atom stereocenters. The number of carbonyl (C=O) groups is 2. The quantitative estimate of drug-likeness (QED) is 0.917. The second kappa shape index (κ2) is 5.85. The highest BCUT2D eigenvalue weighted by molar-refractivity contribution is 5.96. The number of benzene rings is 1. The Morgan fingerprint density at radius 1 is 1.12 bits per heavy atom. The van der Waals surface area contributed by atoms with E-state index in [1.807, 2.05) is 18.2 Å². The number of likely N-dealkylation sites (tertiary alicyclic amines) is 1. The third kappa shape index (κ3) is 2.42. The molecule has 1 amide bonds. The summed E-state index contributed by atoms with van der Waals surface area (Å²) in [6.07, 6.45) is 6.04. The maximum absolute atomic E-state index is 13.0. The second-order valence-corrected chi connectivity index (χ2v) is 6.66. The molecule has 0 bridgehead atoms. The molecule has 1 aromatic carbocycles. The van der Waals surface area contributed by atoms with Gasteiger partial charge in [0.2, 0.25) is 0 Å². The lowest BCUT2D eigenvalue weighted by molar-refractivity contribution is -0.141. The lowest BCUT2D eigenvalue weighted by Crippen LogP contribution is -2.46. The number of rotatable bonds is 2. The molecular weight excluding hydrogens is 306 g/mol. The van der Waals surface area contributed by atoms with E-state index in [2.05, 4.69) is 9.97 Å². The maximum Gasteiger partial charge on any atom is 0.326 e. The Morgan fingerprint density at radius 2 is 1.88 bits per heavy atom. The monoisotopic (exact) mass is 325 g/mol. The van der Waals surface area contributed by atoms with E-state index in [1.54, 1.807) is 11.0 Å². The fourth-order valence-corrected chi connectivity index (χ4v) is 4.17. The number of carboxylic acids is 1. The lowest BCUT2D eigenvalue weighted by Gasteiger charge is -2.32. The van der Waals surface area contributed by atoms with Crippen molar-refractivity contribution < 1.29 is 14.7 Å². The van der Waals surface area contributed by atoms with E-state index in [0.717, 1.165) is 31.2 Å². The van der Waals surface area contributed by atoms with Crippen LogP contribution in [-0.2, 0) is 4.79 Å². The van der Waals surface area contributed by atoms with E-state index >= 15 is 0 Å². The minimum Gasteiger partial charge on any atom is -0.480 e. The van der Waals surface area contributed by atoms with E-state index in [4.69, 9.17) is 0 Å². The molecular formula is C18H19N3O3. The van der Waals surface area contributed by atoms with Crippen LogP contribution in [0.3, 0.4) is 0 Å². The number of hydrogen-bond donors (Lipinski definition) is 1. The molecule has 1 aliphatic carbocycles. The van der Waals surface area contributed by atoms with Crippen LogP contribution < -0.4 is 0 Å². The molecule has 2 fully saturated rings. The maximum atomic E-state index is 13.0. The highest BCUT2D eigenvalue weighted by atomic mass is 16.4. The minimum atomic E-state index is -0.925. The second-order valence-electron chi connectivity index (χ2n) is 6.66. The molecule has 1 aromatic heterocycles. The largest absolute Gasteiger partial charge is 0.480 e. The fourth-order valence-electron chi connectivity index (χ4n) is 4.17. The summed E-state index contributed by atoms with van der Waals surface area (Å²) in [6.45, 7) is 0. The molecule has 24 heavy (non-hydrogen) atoms. The number of aromatic nitrogens is 2. The van der Waals surface area contributed by atoms with E-state index in [1.165, 1.54) is 6.20 Å². The molecule has 6 nitrogen and oxygen atoms in total. The Bertz CT molecular complexity index is 807. The number of fused-ring (bicyclic) bond motifs is 2.